The summed E-state index contributed by atoms with van der Waals surface area (Å²) in [5.41, 5.74) is 1.27. The van der Waals surface area contributed by atoms with Gasteiger partial charge < -0.3 is 10.1 Å². The molecule has 1 N–H and O–H groups in total. The number of nitrogens with zero attached hydrogens (tertiary/aromatic N) is 1. The minimum atomic E-state index is -4.20. The molecule has 2 aliphatic heterocycles. The number of hydrogen-bond donors (Lipinski definition) is 1. The lowest BCUT2D eigenvalue weighted by atomic mass is 9.97. The molecule has 126 valence electrons. The van der Waals surface area contributed by atoms with Crippen molar-refractivity contribution in [2.45, 2.75) is 31.9 Å². The van der Waals surface area contributed by atoms with Gasteiger partial charge in [0.1, 0.15) is 0 Å². The summed E-state index contributed by atoms with van der Waals surface area (Å²) in [4.78, 5) is 13.4. The maximum atomic E-state index is 12.4. The van der Waals surface area contributed by atoms with Gasteiger partial charge in [-0.3, -0.25) is 9.69 Å². The highest BCUT2D eigenvalue weighted by Gasteiger charge is 2.34. The number of rotatable bonds is 5. The third kappa shape index (κ3) is 5.96. The Kier molecular flexibility index (Phi) is 6.26. The van der Waals surface area contributed by atoms with Gasteiger partial charge in [-0.1, -0.05) is 11.6 Å². The lowest BCUT2D eigenvalue weighted by molar-refractivity contribution is -0.152. The van der Waals surface area contributed by atoms with Crippen LogP contribution in [-0.2, 0) is 9.53 Å². The van der Waals surface area contributed by atoms with Gasteiger partial charge in [0, 0.05) is 13.1 Å². The van der Waals surface area contributed by atoms with Crippen LogP contribution < -0.4 is 5.32 Å². The smallest absolute Gasteiger partial charge is 0.377 e. The van der Waals surface area contributed by atoms with Crippen LogP contribution in [0.15, 0.2) is 11.6 Å². The van der Waals surface area contributed by atoms with Crippen molar-refractivity contribution < 1.29 is 22.7 Å². The average Bonchev–Trinajstić information content (AvgIpc) is 2.47. The highest BCUT2D eigenvalue weighted by molar-refractivity contribution is 5.78. The molecule has 0 saturated carbocycles. The summed E-state index contributed by atoms with van der Waals surface area (Å²) in [6, 6.07) is 0. The van der Waals surface area contributed by atoms with Gasteiger partial charge in [-0.25, -0.2) is 0 Å². The van der Waals surface area contributed by atoms with E-state index in [2.05, 4.69) is 5.32 Å². The quantitative estimate of drug-likeness (QED) is 0.789. The summed E-state index contributed by atoms with van der Waals surface area (Å²) in [6.07, 6.45) is 0.801. The molecule has 0 unspecified atom stereocenters. The zero-order valence-electron chi connectivity index (χ0n) is 12.6. The van der Waals surface area contributed by atoms with Crippen molar-refractivity contribution in [1.82, 2.24) is 10.2 Å². The molecule has 0 bridgehead atoms. The first-order valence-corrected chi connectivity index (χ1v) is 7.76. The summed E-state index contributed by atoms with van der Waals surface area (Å²) >= 11 is 0. The lowest BCUT2D eigenvalue weighted by Gasteiger charge is -2.32. The van der Waals surface area contributed by atoms with Crippen LogP contribution in [0.3, 0.4) is 0 Å². The van der Waals surface area contributed by atoms with Crippen LogP contribution >= 0.6 is 0 Å². The first-order valence-electron chi connectivity index (χ1n) is 7.76. The highest BCUT2D eigenvalue weighted by atomic mass is 19.4. The fraction of sp³-hybridized carbons (Fsp3) is 0.800. The molecule has 1 atom stereocenters. The Morgan fingerprint density at radius 3 is 2.95 bits per heavy atom. The summed E-state index contributed by atoms with van der Waals surface area (Å²) in [5, 5.41) is 2.85. The number of carbonyl (C=O) groups is 1. The average molecular weight is 320 g/mol. The minimum Gasteiger partial charge on any atom is -0.377 e. The van der Waals surface area contributed by atoms with E-state index in [0.29, 0.717) is 32.5 Å². The zero-order chi connectivity index (χ0) is 16.0. The number of hydrogen-bond acceptors (Lipinski definition) is 3. The van der Waals surface area contributed by atoms with Gasteiger partial charge in [-0.05, 0) is 32.2 Å². The van der Waals surface area contributed by atoms with E-state index in [1.54, 1.807) is 0 Å². The molecule has 2 aliphatic rings. The zero-order valence-corrected chi connectivity index (χ0v) is 12.6. The number of nitrogens with one attached hydrogen (secondary N) is 1. The fourth-order valence-electron chi connectivity index (χ4n) is 2.95. The van der Waals surface area contributed by atoms with E-state index in [1.807, 2.05) is 6.08 Å². The number of carbonyl (C=O) groups excluding carboxylic acids is 1. The predicted molar refractivity (Wildman–Crippen MR) is 76.4 cm³/mol. The Balaban J connectivity index is 1.71. The molecule has 1 saturated heterocycles. The normalized spacial score (nSPS) is 24.0. The molecular weight excluding hydrogens is 297 g/mol. The predicted octanol–water partition coefficient (Wildman–Crippen LogP) is 2.11. The summed E-state index contributed by atoms with van der Waals surface area (Å²) in [5.74, 6) is -0.459. The SMILES string of the molecule is O=C(NCCC1=CCOCC1)[C@@H]1CCCN(CC(F)(F)F)C1. The second kappa shape index (κ2) is 7.97. The molecule has 7 heteroatoms. The molecule has 1 amide bonds. The summed E-state index contributed by atoms with van der Waals surface area (Å²) < 4.78 is 42.5. The Bertz CT molecular complexity index is 410. The Labute approximate surface area is 128 Å². The third-order valence-corrected chi connectivity index (χ3v) is 4.08. The van der Waals surface area contributed by atoms with E-state index in [9.17, 15) is 18.0 Å². The lowest BCUT2D eigenvalue weighted by Crippen LogP contribution is -2.46. The molecule has 0 radical (unpaired) electrons. The van der Waals surface area contributed by atoms with E-state index < -0.39 is 12.7 Å². The van der Waals surface area contributed by atoms with Crippen molar-refractivity contribution >= 4 is 5.91 Å². The van der Waals surface area contributed by atoms with Crippen LogP contribution in [-0.4, -0.2) is 56.4 Å². The first kappa shape index (κ1) is 17.3. The number of likely N-dealkylation sites (tertiary alicyclic amines) is 1. The van der Waals surface area contributed by atoms with Crippen LogP contribution in [0.25, 0.3) is 0 Å². The van der Waals surface area contributed by atoms with Crippen LogP contribution in [0.2, 0.25) is 0 Å². The molecule has 22 heavy (non-hydrogen) atoms. The standard InChI is InChI=1S/C15H23F3N2O2/c16-15(17,18)11-20-7-1-2-13(10-20)14(21)19-6-3-12-4-8-22-9-5-12/h4,13H,1-3,5-11H2,(H,19,21)/t13-/m1/s1. The maximum Gasteiger partial charge on any atom is 0.401 e. The van der Waals surface area contributed by atoms with E-state index in [-0.39, 0.29) is 18.4 Å². The van der Waals surface area contributed by atoms with Gasteiger partial charge >= 0.3 is 6.18 Å². The largest absolute Gasteiger partial charge is 0.401 e. The molecule has 1 fully saturated rings. The van der Waals surface area contributed by atoms with Crippen LogP contribution in [0.4, 0.5) is 13.2 Å². The van der Waals surface area contributed by atoms with Crippen molar-refractivity contribution in [3.05, 3.63) is 11.6 Å². The minimum absolute atomic E-state index is 0.125. The molecule has 0 aliphatic carbocycles. The molecule has 0 aromatic carbocycles. The van der Waals surface area contributed by atoms with E-state index in [1.165, 1.54) is 10.5 Å². The molecule has 0 spiro atoms. The molecule has 2 heterocycles. The first-order chi connectivity index (χ1) is 10.4. The highest BCUT2D eigenvalue weighted by Crippen LogP contribution is 2.22. The Hall–Kier alpha value is -1.08. The van der Waals surface area contributed by atoms with Gasteiger partial charge in [0.05, 0.1) is 25.7 Å². The summed E-state index contributed by atoms with van der Waals surface area (Å²) in [6.45, 7) is 1.56. The second-order valence-corrected chi connectivity index (χ2v) is 5.92. The van der Waals surface area contributed by atoms with Gasteiger partial charge in [-0.2, -0.15) is 13.2 Å². The number of alkyl halides is 3. The van der Waals surface area contributed by atoms with Crippen LogP contribution in [0.1, 0.15) is 25.7 Å². The van der Waals surface area contributed by atoms with Crippen molar-refractivity contribution in [2.75, 3.05) is 39.4 Å². The Morgan fingerprint density at radius 1 is 1.45 bits per heavy atom. The molecule has 2 rings (SSSR count). The van der Waals surface area contributed by atoms with Crippen molar-refractivity contribution in [1.29, 1.82) is 0 Å². The number of piperidine rings is 1. The number of halogens is 3. The van der Waals surface area contributed by atoms with Crippen LogP contribution in [0.5, 0.6) is 0 Å². The maximum absolute atomic E-state index is 12.4. The van der Waals surface area contributed by atoms with Gasteiger partial charge in [0.25, 0.3) is 0 Å². The Morgan fingerprint density at radius 2 is 2.27 bits per heavy atom. The van der Waals surface area contributed by atoms with Crippen molar-refractivity contribution in [3.8, 4) is 0 Å². The fourth-order valence-corrected chi connectivity index (χ4v) is 2.95. The number of ether oxygens (including phenoxy) is 1. The monoisotopic (exact) mass is 320 g/mol. The topological polar surface area (TPSA) is 41.6 Å². The van der Waals surface area contributed by atoms with E-state index in [4.69, 9.17) is 4.74 Å². The molecule has 0 aromatic rings. The summed E-state index contributed by atoms with van der Waals surface area (Å²) in [7, 11) is 0. The molecule has 4 nitrogen and oxygen atoms in total. The van der Waals surface area contributed by atoms with Gasteiger partial charge in [0.2, 0.25) is 5.91 Å². The molecule has 0 aromatic heterocycles. The second-order valence-electron chi connectivity index (χ2n) is 5.92. The number of amides is 1. The van der Waals surface area contributed by atoms with Gasteiger partial charge in [-0.15, -0.1) is 0 Å². The van der Waals surface area contributed by atoms with Gasteiger partial charge in [0.15, 0.2) is 0 Å². The van der Waals surface area contributed by atoms with E-state index >= 15 is 0 Å². The van der Waals surface area contributed by atoms with Crippen molar-refractivity contribution in [2.24, 2.45) is 5.92 Å². The van der Waals surface area contributed by atoms with Crippen molar-refractivity contribution in [3.63, 3.8) is 0 Å². The van der Waals surface area contributed by atoms with Crippen LogP contribution in [0, 0.1) is 5.92 Å². The molecular formula is C15H23F3N2O2. The van der Waals surface area contributed by atoms with E-state index in [0.717, 1.165) is 19.4 Å². The third-order valence-electron chi connectivity index (χ3n) is 4.08.